The summed E-state index contributed by atoms with van der Waals surface area (Å²) in [4.78, 5) is 24.9. The van der Waals surface area contributed by atoms with Crippen LogP contribution in [-0.2, 0) is 16.1 Å². The van der Waals surface area contributed by atoms with Gasteiger partial charge < -0.3 is 15.4 Å². The van der Waals surface area contributed by atoms with Crippen molar-refractivity contribution in [1.29, 1.82) is 0 Å². The Hall–Kier alpha value is -1.50. The number of nitrogens with one attached hydrogen (secondary N) is 2. The van der Waals surface area contributed by atoms with E-state index in [-0.39, 0.29) is 12.5 Å². The van der Waals surface area contributed by atoms with Gasteiger partial charge in [-0.1, -0.05) is 29.3 Å². The van der Waals surface area contributed by atoms with Crippen molar-refractivity contribution in [3.63, 3.8) is 0 Å². The van der Waals surface area contributed by atoms with Gasteiger partial charge in [-0.3, -0.25) is 9.69 Å². The minimum absolute atomic E-state index is 0.255. The molecule has 0 spiro atoms. The van der Waals surface area contributed by atoms with E-state index >= 15 is 0 Å². The highest BCUT2D eigenvalue weighted by Crippen LogP contribution is 2.25. The molecule has 0 radical (unpaired) electrons. The van der Waals surface area contributed by atoms with E-state index in [0.29, 0.717) is 22.5 Å². The summed E-state index contributed by atoms with van der Waals surface area (Å²) in [5.74, 6) is 0.258. The molecular formula is C18H25Cl2N3O3. The van der Waals surface area contributed by atoms with Gasteiger partial charge in [-0.15, -0.1) is 0 Å². The van der Waals surface area contributed by atoms with Crippen molar-refractivity contribution in [2.24, 2.45) is 5.92 Å². The molecule has 1 saturated heterocycles. The molecule has 2 N–H and O–H groups in total. The van der Waals surface area contributed by atoms with E-state index in [0.717, 1.165) is 38.9 Å². The number of hydrogen-bond acceptors (Lipinski definition) is 4. The Bertz CT molecular complexity index is 620. The van der Waals surface area contributed by atoms with E-state index in [2.05, 4.69) is 15.5 Å². The predicted molar refractivity (Wildman–Crippen MR) is 102 cm³/mol. The van der Waals surface area contributed by atoms with Gasteiger partial charge in [-0.25, -0.2) is 4.79 Å². The first-order valence-electron chi connectivity index (χ1n) is 8.75. The lowest BCUT2D eigenvalue weighted by atomic mass is 9.93. The van der Waals surface area contributed by atoms with E-state index in [1.165, 1.54) is 12.6 Å². The number of ether oxygens (including phenoxy) is 1. The van der Waals surface area contributed by atoms with Gasteiger partial charge in [0, 0.05) is 20.1 Å². The second-order valence-electron chi connectivity index (χ2n) is 6.43. The van der Waals surface area contributed by atoms with Crippen LogP contribution < -0.4 is 10.6 Å². The summed E-state index contributed by atoms with van der Waals surface area (Å²) in [5, 5.41) is 6.25. The lowest BCUT2D eigenvalue weighted by Gasteiger charge is -2.32. The maximum atomic E-state index is 11.5. The number of hydrogen-bond donors (Lipinski definition) is 2. The number of carbonyl (C=O) groups excluding carboxylic acids is 2. The van der Waals surface area contributed by atoms with Gasteiger partial charge >= 0.3 is 6.09 Å². The number of piperidine rings is 1. The quantitative estimate of drug-likeness (QED) is 0.736. The molecule has 0 atom stereocenters. The lowest BCUT2D eigenvalue weighted by Crippen LogP contribution is -2.35. The summed E-state index contributed by atoms with van der Waals surface area (Å²) in [6.45, 7) is 3.21. The van der Waals surface area contributed by atoms with Crippen molar-refractivity contribution in [1.82, 2.24) is 15.5 Å². The van der Waals surface area contributed by atoms with E-state index < -0.39 is 6.09 Å². The highest BCUT2D eigenvalue weighted by atomic mass is 35.5. The van der Waals surface area contributed by atoms with Gasteiger partial charge in [0.25, 0.3) is 5.91 Å². The van der Waals surface area contributed by atoms with E-state index in [4.69, 9.17) is 27.9 Å². The van der Waals surface area contributed by atoms with Gasteiger partial charge in [0.15, 0.2) is 6.61 Å². The maximum absolute atomic E-state index is 11.5. The molecule has 144 valence electrons. The van der Waals surface area contributed by atoms with Crippen LogP contribution in [0, 0.1) is 5.92 Å². The number of carbonyl (C=O) groups is 2. The molecule has 0 bridgehead atoms. The van der Waals surface area contributed by atoms with Gasteiger partial charge in [0.05, 0.1) is 10.0 Å². The number of likely N-dealkylation sites (N-methyl/N-ethyl adjacent to an activating group) is 1. The van der Waals surface area contributed by atoms with Crippen LogP contribution in [0.5, 0.6) is 0 Å². The minimum atomic E-state index is -0.550. The van der Waals surface area contributed by atoms with E-state index in [1.807, 2.05) is 18.2 Å². The average molecular weight is 402 g/mol. The third-order valence-electron chi connectivity index (χ3n) is 4.53. The molecule has 2 rings (SSSR count). The summed E-state index contributed by atoms with van der Waals surface area (Å²) >= 11 is 12.0. The zero-order valence-electron chi connectivity index (χ0n) is 14.9. The van der Waals surface area contributed by atoms with Crippen molar-refractivity contribution in [2.45, 2.75) is 25.8 Å². The summed E-state index contributed by atoms with van der Waals surface area (Å²) in [5.41, 5.74) is 1.17. The Labute approximate surface area is 164 Å². The monoisotopic (exact) mass is 401 g/mol. The number of benzene rings is 1. The van der Waals surface area contributed by atoms with Crippen LogP contribution in [0.2, 0.25) is 10.0 Å². The zero-order valence-corrected chi connectivity index (χ0v) is 16.4. The van der Waals surface area contributed by atoms with Crippen molar-refractivity contribution < 1.29 is 14.3 Å². The molecule has 1 aromatic rings. The van der Waals surface area contributed by atoms with Crippen molar-refractivity contribution >= 4 is 35.2 Å². The number of likely N-dealkylation sites (tertiary alicyclic amines) is 1. The highest BCUT2D eigenvalue weighted by molar-refractivity contribution is 6.42. The highest BCUT2D eigenvalue weighted by Gasteiger charge is 2.19. The van der Waals surface area contributed by atoms with Crippen molar-refractivity contribution in [3.05, 3.63) is 33.8 Å². The minimum Gasteiger partial charge on any atom is -0.439 e. The first-order chi connectivity index (χ1) is 12.5. The maximum Gasteiger partial charge on any atom is 0.407 e. The molecular weight excluding hydrogens is 377 g/mol. The SMILES string of the molecule is CNC(=O)COC(=O)NCCC1CCN(Cc2ccc(Cl)c(Cl)c2)CC1. The molecule has 2 amide bonds. The molecule has 26 heavy (non-hydrogen) atoms. The fourth-order valence-electron chi connectivity index (χ4n) is 2.96. The summed E-state index contributed by atoms with van der Waals surface area (Å²) < 4.78 is 4.80. The van der Waals surface area contributed by atoms with Crippen LogP contribution in [0.3, 0.4) is 0 Å². The number of halogens is 2. The Morgan fingerprint density at radius 1 is 1.23 bits per heavy atom. The molecule has 0 aromatic heterocycles. The topological polar surface area (TPSA) is 70.7 Å². The fraction of sp³-hybridized carbons (Fsp3) is 0.556. The molecule has 1 aliphatic rings. The number of nitrogens with zero attached hydrogens (tertiary/aromatic N) is 1. The van der Waals surface area contributed by atoms with Gasteiger partial charge in [0.1, 0.15) is 0 Å². The average Bonchev–Trinajstić information content (AvgIpc) is 2.64. The van der Waals surface area contributed by atoms with Crippen molar-refractivity contribution in [3.8, 4) is 0 Å². The van der Waals surface area contributed by atoms with Crippen molar-refractivity contribution in [2.75, 3.05) is 33.3 Å². The second kappa shape index (κ2) is 10.6. The summed E-state index contributed by atoms with van der Waals surface area (Å²) in [7, 11) is 1.50. The molecule has 0 aliphatic carbocycles. The Balaban J connectivity index is 1.61. The Kier molecular flexibility index (Phi) is 8.48. The second-order valence-corrected chi connectivity index (χ2v) is 7.25. The number of rotatable bonds is 7. The van der Waals surface area contributed by atoms with Gasteiger partial charge in [-0.05, 0) is 56.0 Å². The molecule has 8 heteroatoms. The Morgan fingerprint density at radius 3 is 2.62 bits per heavy atom. The molecule has 0 saturated carbocycles. The van der Waals surface area contributed by atoms with Crippen LogP contribution in [0.25, 0.3) is 0 Å². The Morgan fingerprint density at radius 2 is 1.96 bits per heavy atom. The summed E-state index contributed by atoms with van der Waals surface area (Å²) in [6.07, 6.45) is 2.55. The molecule has 1 heterocycles. The lowest BCUT2D eigenvalue weighted by molar-refractivity contribution is -0.123. The molecule has 1 aliphatic heterocycles. The third kappa shape index (κ3) is 7.02. The van der Waals surface area contributed by atoms with Crippen LogP contribution >= 0.6 is 23.2 Å². The van der Waals surface area contributed by atoms with Gasteiger partial charge in [-0.2, -0.15) is 0 Å². The third-order valence-corrected chi connectivity index (χ3v) is 5.27. The van der Waals surface area contributed by atoms with E-state index in [9.17, 15) is 9.59 Å². The first-order valence-corrected chi connectivity index (χ1v) is 9.51. The normalized spacial score (nSPS) is 15.5. The van der Waals surface area contributed by atoms with Crippen LogP contribution in [0.4, 0.5) is 4.79 Å². The van der Waals surface area contributed by atoms with E-state index in [1.54, 1.807) is 0 Å². The smallest absolute Gasteiger partial charge is 0.407 e. The van der Waals surface area contributed by atoms with Crippen LogP contribution in [-0.4, -0.2) is 50.2 Å². The molecule has 6 nitrogen and oxygen atoms in total. The largest absolute Gasteiger partial charge is 0.439 e. The zero-order chi connectivity index (χ0) is 18.9. The molecule has 0 unspecified atom stereocenters. The standard InChI is InChI=1S/C18H25Cl2N3O3/c1-21-17(24)12-26-18(25)22-7-4-13-5-8-23(9-6-13)11-14-2-3-15(19)16(20)10-14/h2-3,10,13H,4-9,11-12H2,1H3,(H,21,24)(H,22,25). The predicted octanol–water partition coefficient (Wildman–Crippen LogP) is 3.07. The number of amides is 2. The van der Waals surface area contributed by atoms with Crippen LogP contribution in [0.1, 0.15) is 24.8 Å². The first kappa shape index (κ1) is 20.8. The molecule has 1 aromatic carbocycles. The fourth-order valence-corrected chi connectivity index (χ4v) is 3.28. The number of alkyl carbamates (subject to hydrolysis) is 1. The van der Waals surface area contributed by atoms with Crippen LogP contribution in [0.15, 0.2) is 18.2 Å². The van der Waals surface area contributed by atoms with Gasteiger partial charge in [0.2, 0.25) is 0 Å². The summed E-state index contributed by atoms with van der Waals surface area (Å²) in [6, 6.07) is 5.76. The molecule has 1 fully saturated rings.